The van der Waals surface area contributed by atoms with Crippen LogP contribution in [0.5, 0.6) is 5.75 Å². The molecule has 4 aromatic rings. The molecule has 0 bridgehead atoms. The van der Waals surface area contributed by atoms with Gasteiger partial charge in [0.1, 0.15) is 5.75 Å². The molecule has 178 valence electrons. The van der Waals surface area contributed by atoms with Crippen LogP contribution in [0.3, 0.4) is 0 Å². The molecule has 0 unspecified atom stereocenters. The number of benzene rings is 3. The third kappa shape index (κ3) is 5.21. The molecule has 0 radical (unpaired) electrons. The Bertz CT molecular complexity index is 1520. The van der Waals surface area contributed by atoms with Crippen molar-refractivity contribution in [3.63, 3.8) is 0 Å². The average molecular weight is 486 g/mol. The van der Waals surface area contributed by atoms with Crippen molar-refractivity contribution in [1.82, 2.24) is 4.98 Å². The maximum absolute atomic E-state index is 13.8. The number of carbonyl (C=O) groups is 2. The van der Waals surface area contributed by atoms with E-state index in [2.05, 4.69) is 15.2 Å². The smallest absolute Gasteiger partial charge is 0.266 e. The van der Waals surface area contributed by atoms with Crippen LogP contribution in [0.15, 0.2) is 101 Å². The van der Waals surface area contributed by atoms with E-state index >= 15 is 0 Å². The first-order valence-electron chi connectivity index (χ1n) is 10.9. The Hall–Kier alpha value is -5.67. The lowest BCUT2D eigenvalue weighted by molar-refractivity contribution is 0.0896. The second-order valence-electron chi connectivity index (χ2n) is 7.50. The summed E-state index contributed by atoms with van der Waals surface area (Å²) in [4.78, 5) is 32.5. The number of hydrogen-bond donors (Lipinski definition) is 0. The molecule has 0 spiro atoms. The standard InChI is InChI=1S/C28H18N6O3/c1-37-25-16-21(32-33-26-12-6-7-15-31-26)13-14-24(25)34(27(35)22-10-4-2-8-19(22)17-29)28(36)23-11-5-3-9-20(23)18-30/h2-16H,1H3/b33-32+. The molecule has 0 fully saturated rings. The predicted octanol–water partition coefficient (Wildman–Crippen LogP) is 5.74. The van der Waals surface area contributed by atoms with Gasteiger partial charge in [0.2, 0.25) is 0 Å². The van der Waals surface area contributed by atoms with E-state index in [1.165, 1.54) is 43.5 Å². The van der Waals surface area contributed by atoms with Crippen molar-refractivity contribution in [1.29, 1.82) is 10.5 Å². The van der Waals surface area contributed by atoms with Crippen molar-refractivity contribution in [3.05, 3.63) is 113 Å². The fraction of sp³-hybridized carbons (Fsp3) is 0.0357. The third-order valence-electron chi connectivity index (χ3n) is 5.28. The lowest BCUT2D eigenvalue weighted by atomic mass is 10.0. The van der Waals surface area contributed by atoms with Gasteiger partial charge in [-0.05, 0) is 48.5 Å². The summed E-state index contributed by atoms with van der Waals surface area (Å²) in [6.45, 7) is 0. The number of hydrogen-bond acceptors (Lipinski definition) is 8. The fourth-order valence-electron chi connectivity index (χ4n) is 3.52. The number of nitrogens with zero attached hydrogens (tertiary/aromatic N) is 6. The van der Waals surface area contributed by atoms with E-state index in [9.17, 15) is 20.1 Å². The van der Waals surface area contributed by atoms with E-state index in [0.29, 0.717) is 11.5 Å². The van der Waals surface area contributed by atoms with Crippen molar-refractivity contribution in [3.8, 4) is 17.9 Å². The number of carbonyl (C=O) groups excluding carboxylic acids is 2. The lowest BCUT2D eigenvalue weighted by Gasteiger charge is -2.24. The second-order valence-corrected chi connectivity index (χ2v) is 7.50. The molecule has 0 N–H and O–H groups in total. The topological polar surface area (TPSA) is 132 Å². The van der Waals surface area contributed by atoms with Crippen molar-refractivity contribution >= 4 is 29.0 Å². The molecular weight excluding hydrogens is 468 g/mol. The van der Waals surface area contributed by atoms with Crippen LogP contribution in [0.1, 0.15) is 31.8 Å². The number of rotatable bonds is 6. The van der Waals surface area contributed by atoms with E-state index in [1.807, 2.05) is 12.1 Å². The highest BCUT2D eigenvalue weighted by atomic mass is 16.5. The molecule has 0 aliphatic carbocycles. The molecule has 0 aliphatic heterocycles. The highest BCUT2D eigenvalue weighted by molar-refractivity contribution is 6.27. The van der Waals surface area contributed by atoms with E-state index in [-0.39, 0.29) is 33.7 Å². The Morgan fingerprint density at radius 1 is 0.811 bits per heavy atom. The summed E-state index contributed by atoms with van der Waals surface area (Å²) in [5.74, 6) is -0.950. The molecule has 0 saturated heterocycles. The minimum absolute atomic E-state index is 0.0220. The number of azo groups is 1. The van der Waals surface area contributed by atoms with E-state index in [1.54, 1.807) is 54.7 Å². The van der Waals surface area contributed by atoms with Gasteiger partial charge in [0, 0.05) is 12.3 Å². The minimum Gasteiger partial charge on any atom is -0.494 e. The largest absolute Gasteiger partial charge is 0.494 e. The van der Waals surface area contributed by atoms with Crippen LogP contribution in [-0.2, 0) is 0 Å². The summed E-state index contributed by atoms with van der Waals surface area (Å²) in [6.07, 6.45) is 1.59. The number of imide groups is 1. The molecular formula is C28H18N6O3. The quantitative estimate of drug-likeness (QED) is 0.252. The van der Waals surface area contributed by atoms with Gasteiger partial charge in [0.15, 0.2) is 5.82 Å². The fourth-order valence-corrected chi connectivity index (χ4v) is 3.52. The van der Waals surface area contributed by atoms with Crippen LogP contribution < -0.4 is 9.64 Å². The molecule has 2 amide bonds. The van der Waals surface area contributed by atoms with Gasteiger partial charge in [0.05, 0.1) is 52.9 Å². The molecule has 37 heavy (non-hydrogen) atoms. The Labute approximate surface area is 212 Å². The number of nitriles is 2. The molecule has 9 nitrogen and oxygen atoms in total. The molecule has 9 heteroatoms. The number of amides is 2. The van der Waals surface area contributed by atoms with Crippen LogP contribution in [0.2, 0.25) is 0 Å². The van der Waals surface area contributed by atoms with Crippen LogP contribution in [0.4, 0.5) is 17.2 Å². The first kappa shape index (κ1) is 24.5. The number of methoxy groups -OCH3 is 1. The third-order valence-corrected chi connectivity index (χ3v) is 5.28. The van der Waals surface area contributed by atoms with Crippen LogP contribution in [-0.4, -0.2) is 23.9 Å². The number of pyridine rings is 1. The predicted molar refractivity (Wildman–Crippen MR) is 135 cm³/mol. The maximum Gasteiger partial charge on any atom is 0.266 e. The average Bonchev–Trinajstić information content (AvgIpc) is 2.96. The highest BCUT2D eigenvalue weighted by Crippen LogP contribution is 2.35. The summed E-state index contributed by atoms with van der Waals surface area (Å²) in [6, 6.07) is 26.1. The van der Waals surface area contributed by atoms with Crippen molar-refractivity contribution in [2.45, 2.75) is 0 Å². The van der Waals surface area contributed by atoms with Gasteiger partial charge in [0.25, 0.3) is 11.8 Å². The molecule has 0 aliphatic rings. The summed E-state index contributed by atoms with van der Waals surface area (Å²) < 4.78 is 5.51. The van der Waals surface area contributed by atoms with Crippen LogP contribution >= 0.6 is 0 Å². The Morgan fingerprint density at radius 2 is 1.41 bits per heavy atom. The van der Waals surface area contributed by atoms with E-state index in [4.69, 9.17) is 4.74 Å². The summed E-state index contributed by atoms with van der Waals surface area (Å²) in [7, 11) is 1.39. The number of anilines is 1. The van der Waals surface area contributed by atoms with Gasteiger partial charge in [-0.3, -0.25) is 9.59 Å². The van der Waals surface area contributed by atoms with Gasteiger partial charge >= 0.3 is 0 Å². The molecule has 0 atom stereocenters. The summed E-state index contributed by atoms with van der Waals surface area (Å²) >= 11 is 0. The molecule has 1 heterocycles. The lowest BCUT2D eigenvalue weighted by Crippen LogP contribution is -2.38. The van der Waals surface area contributed by atoms with E-state index < -0.39 is 11.8 Å². The Morgan fingerprint density at radius 3 is 1.95 bits per heavy atom. The molecule has 3 aromatic carbocycles. The summed E-state index contributed by atoms with van der Waals surface area (Å²) in [5.41, 5.74) is 0.732. The number of aromatic nitrogens is 1. The van der Waals surface area contributed by atoms with Gasteiger partial charge in [-0.1, -0.05) is 30.3 Å². The van der Waals surface area contributed by atoms with Gasteiger partial charge in [-0.25, -0.2) is 9.88 Å². The SMILES string of the molecule is COc1cc(/N=N/c2ccccn2)ccc1N(C(=O)c1ccccc1C#N)C(=O)c1ccccc1C#N. The normalized spacial score (nSPS) is 10.4. The van der Waals surface area contributed by atoms with Crippen LogP contribution in [0.25, 0.3) is 0 Å². The molecule has 1 aromatic heterocycles. The second kappa shape index (κ2) is 11.2. The first-order valence-corrected chi connectivity index (χ1v) is 10.9. The van der Waals surface area contributed by atoms with Gasteiger partial charge in [-0.2, -0.15) is 10.5 Å². The zero-order chi connectivity index (χ0) is 26.2. The highest BCUT2D eigenvalue weighted by Gasteiger charge is 2.31. The maximum atomic E-state index is 13.8. The Kier molecular flexibility index (Phi) is 7.38. The van der Waals surface area contributed by atoms with Crippen molar-refractivity contribution < 1.29 is 14.3 Å². The molecule has 0 saturated carbocycles. The first-order chi connectivity index (χ1) is 18.1. The van der Waals surface area contributed by atoms with Gasteiger partial charge < -0.3 is 4.74 Å². The zero-order valence-corrected chi connectivity index (χ0v) is 19.6. The minimum atomic E-state index is -0.754. The van der Waals surface area contributed by atoms with Gasteiger partial charge in [-0.15, -0.1) is 10.2 Å². The molecule has 4 rings (SSSR count). The Balaban J connectivity index is 1.84. The van der Waals surface area contributed by atoms with Crippen molar-refractivity contribution in [2.75, 3.05) is 12.0 Å². The summed E-state index contributed by atoms with van der Waals surface area (Å²) in [5, 5.41) is 27.3. The monoisotopic (exact) mass is 486 g/mol. The van der Waals surface area contributed by atoms with Crippen LogP contribution in [0, 0.1) is 22.7 Å². The van der Waals surface area contributed by atoms with Crippen molar-refractivity contribution in [2.24, 2.45) is 10.2 Å². The van der Waals surface area contributed by atoms with E-state index in [0.717, 1.165) is 4.90 Å². The zero-order valence-electron chi connectivity index (χ0n) is 19.6. The number of ether oxygens (including phenoxy) is 1.